The minimum Gasteiger partial charge on any atom is -0.491 e. The molecule has 3 aromatic carbocycles. The summed E-state index contributed by atoms with van der Waals surface area (Å²) in [5.41, 5.74) is 10.4. The van der Waals surface area contributed by atoms with Crippen LogP contribution in [-0.2, 0) is 22.3 Å². The molecule has 0 atom stereocenters. The molecule has 7 heteroatoms. The lowest BCUT2D eigenvalue weighted by Crippen LogP contribution is -2.15. The number of ether oxygens (including phenoxy) is 4. The Hall–Kier alpha value is -3.68. The molecule has 0 fully saturated rings. The number of hydrogen-bond donors (Lipinski definition) is 2. The van der Waals surface area contributed by atoms with Crippen molar-refractivity contribution < 1.29 is 18.9 Å². The van der Waals surface area contributed by atoms with Gasteiger partial charge in [-0.1, -0.05) is 48.5 Å². The van der Waals surface area contributed by atoms with Crippen LogP contribution in [0.25, 0.3) is 0 Å². The molecule has 1 aliphatic rings. The molecule has 0 aromatic heterocycles. The highest BCUT2D eigenvalue weighted by Gasteiger charge is 2.24. The Balaban J connectivity index is 1.13. The van der Waals surface area contributed by atoms with E-state index in [-0.39, 0.29) is 5.84 Å². The lowest BCUT2D eigenvalue weighted by atomic mass is 9.91. The van der Waals surface area contributed by atoms with Crippen LogP contribution in [0.2, 0.25) is 0 Å². The van der Waals surface area contributed by atoms with Crippen molar-refractivity contribution in [1.82, 2.24) is 0 Å². The summed E-state index contributed by atoms with van der Waals surface area (Å²) in [4.78, 5) is 4.29. The summed E-state index contributed by atoms with van der Waals surface area (Å²) in [7, 11) is 0. The van der Waals surface area contributed by atoms with Gasteiger partial charge in [-0.05, 0) is 73.9 Å². The molecule has 206 valence electrons. The molecule has 3 aromatic rings. The van der Waals surface area contributed by atoms with Crippen molar-refractivity contribution in [2.75, 3.05) is 39.6 Å². The summed E-state index contributed by atoms with van der Waals surface area (Å²) >= 11 is 0. The summed E-state index contributed by atoms with van der Waals surface area (Å²) in [5.74, 6) is 2.46. The van der Waals surface area contributed by atoms with E-state index in [0.29, 0.717) is 45.5 Å². The minimum absolute atomic E-state index is 0.274. The van der Waals surface area contributed by atoms with Crippen LogP contribution >= 0.6 is 0 Å². The van der Waals surface area contributed by atoms with Gasteiger partial charge in [-0.15, -0.1) is 0 Å². The van der Waals surface area contributed by atoms with Crippen molar-refractivity contribution in [2.24, 2.45) is 10.7 Å². The fraction of sp³-hybridized carbons (Fsp3) is 0.375. The molecule has 7 nitrogen and oxygen atoms in total. The second-order valence-electron chi connectivity index (χ2n) is 9.44. The van der Waals surface area contributed by atoms with Gasteiger partial charge in [0, 0.05) is 24.3 Å². The van der Waals surface area contributed by atoms with Gasteiger partial charge in [0.25, 0.3) is 0 Å². The van der Waals surface area contributed by atoms with E-state index in [2.05, 4.69) is 17.1 Å². The molecule has 0 amide bonds. The van der Waals surface area contributed by atoms with E-state index >= 15 is 0 Å². The molecule has 0 unspecified atom stereocenters. The van der Waals surface area contributed by atoms with Gasteiger partial charge >= 0.3 is 0 Å². The lowest BCUT2D eigenvalue weighted by Gasteiger charge is -2.13. The van der Waals surface area contributed by atoms with Gasteiger partial charge in [0.15, 0.2) is 5.84 Å². The Bertz CT molecular complexity index is 1200. The number of unbranched alkanes of at least 4 members (excludes halogenated alkanes) is 2. The fourth-order valence-corrected chi connectivity index (χ4v) is 4.61. The van der Waals surface area contributed by atoms with Crippen LogP contribution < -0.4 is 15.2 Å². The number of aryl methyl sites for hydroxylation is 2. The maximum Gasteiger partial charge on any atom is 0.155 e. The molecular formula is C32H39N3O4. The van der Waals surface area contributed by atoms with E-state index in [0.717, 1.165) is 72.3 Å². The number of aliphatic imine (C=N–C) groups is 1. The number of nitrogens with one attached hydrogen (secondary N) is 1. The molecule has 3 N–H and O–H groups in total. The van der Waals surface area contributed by atoms with Crippen molar-refractivity contribution >= 4 is 11.7 Å². The first-order valence-electron chi connectivity index (χ1n) is 13.8. The van der Waals surface area contributed by atoms with E-state index in [9.17, 15) is 0 Å². The zero-order valence-electron chi connectivity index (χ0n) is 22.6. The van der Waals surface area contributed by atoms with Crippen LogP contribution in [0, 0.1) is 5.41 Å². The molecule has 0 spiro atoms. The maximum atomic E-state index is 8.39. The molecule has 1 aliphatic heterocycles. The van der Waals surface area contributed by atoms with Gasteiger partial charge in [0.05, 0.1) is 13.2 Å². The highest BCUT2D eigenvalue weighted by Crippen LogP contribution is 2.27. The summed E-state index contributed by atoms with van der Waals surface area (Å²) in [5, 5.41) is 8.39. The van der Waals surface area contributed by atoms with Crippen LogP contribution in [0.1, 0.15) is 47.9 Å². The molecule has 0 saturated carbocycles. The predicted octanol–water partition coefficient (Wildman–Crippen LogP) is 5.57. The average Bonchev–Trinajstić information content (AvgIpc) is 3.27. The standard InChI is InChI=1S/C32H39N3O4/c33-31-29-25(11-7-9-19-36-21-23-38-27-13-3-1-4-14-27)17-18-26(30(29)32(34)35-31)12-8-10-20-37-22-24-39-28-15-5-2-6-16-28/h1-6,13-18H,7-12,19-24H2,(H3,33,34,35). The van der Waals surface area contributed by atoms with Crippen LogP contribution in [-0.4, -0.2) is 51.3 Å². The SMILES string of the molecule is N=C1N=C(N)c2c(CCCCOCCOc3ccccc3)ccc(CCCCOCCOc3ccccc3)c21. The smallest absolute Gasteiger partial charge is 0.155 e. The maximum absolute atomic E-state index is 8.39. The van der Waals surface area contributed by atoms with Crippen molar-refractivity contribution in [3.8, 4) is 11.5 Å². The van der Waals surface area contributed by atoms with E-state index in [4.69, 9.17) is 30.1 Å². The van der Waals surface area contributed by atoms with Crippen molar-refractivity contribution in [3.63, 3.8) is 0 Å². The molecule has 0 aliphatic carbocycles. The molecule has 39 heavy (non-hydrogen) atoms. The quantitative estimate of drug-likeness (QED) is 0.210. The minimum atomic E-state index is 0.274. The van der Waals surface area contributed by atoms with E-state index in [1.54, 1.807) is 0 Å². The van der Waals surface area contributed by atoms with Crippen molar-refractivity contribution in [2.45, 2.75) is 38.5 Å². The Labute approximate surface area is 231 Å². The fourth-order valence-electron chi connectivity index (χ4n) is 4.61. The Kier molecular flexibility index (Phi) is 11.4. The third-order valence-corrected chi connectivity index (χ3v) is 6.55. The first-order valence-corrected chi connectivity index (χ1v) is 13.8. The van der Waals surface area contributed by atoms with Gasteiger partial charge in [-0.2, -0.15) is 0 Å². The second kappa shape index (κ2) is 15.7. The zero-order valence-corrected chi connectivity index (χ0v) is 22.6. The zero-order chi connectivity index (χ0) is 27.1. The van der Waals surface area contributed by atoms with E-state index < -0.39 is 0 Å². The predicted molar refractivity (Wildman–Crippen MR) is 155 cm³/mol. The third kappa shape index (κ3) is 8.94. The summed E-state index contributed by atoms with van der Waals surface area (Å²) in [6.45, 7) is 3.61. The number of amidine groups is 2. The van der Waals surface area contributed by atoms with Crippen molar-refractivity contribution in [1.29, 1.82) is 5.41 Å². The number of benzene rings is 3. The largest absolute Gasteiger partial charge is 0.491 e. The number of nitrogens with two attached hydrogens (primary N) is 1. The average molecular weight is 530 g/mol. The number of rotatable bonds is 18. The summed E-state index contributed by atoms with van der Waals surface area (Å²) < 4.78 is 22.8. The second-order valence-corrected chi connectivity index (χ2v) is 9.44. The molecule has 4 rings (SSSR count). The van der Waals surface area contributed by atoms with E-state index in [1.807, 2.05) is 60.7 Å². The van der Waals surface area contributed by atoms with Gasteiger partial charge in [0.2, 0.25) is 0 Å². The summed E-state index contributed by atoms with van der Waals surface area (Å²) in [6.07, 6.45) is 5.61. The van der Waals surface area contributed by atoms with Gasteiger partial charge < -0.3 is 24.7 Å². The van der Waals surface area contributed by atoms with Crippen LogP contribution in [0.5, 0.6) is 11.5 Å². The highest BCUT2D eigenvalue weighted by atomic mass is 16.5. The van der Waals surface area contributed by atoms with Gasteiger partial charge in [-0.3, -0.25) is 5.41 Å². The molecule has 0 radical (unpaired) electrons. The number of para-hydroxylation sites is 2. The highest BCUT2D eigenvalue weighted by molar-refractivity contribution is 6.22. The molecule has 0 saturated heterocycles. The number of fused-ring (bicyclic) bond motifs is 1. The Morgan fingerprint density at radius 1 is 0.564 bits per heavy atom. The molecule has 1 heterocycles. The topological polar surface area (TPSA) is 99.2 Å². The third-order valence-electron chi connectivity index (χ3n) is 6.55. The van der Waals surface area contributed by atoms with Crippen LogP contribution in [0.15, 0.2) is 77.8 Å². The Morgan fingerprint density at radius 2 is 1.05 bits per heavy atom. The van der Waals surface area contributed by atoms with E-state index in [1.165, 1.54) is 0 Å². The normalized spacial score (nSPS) is 12.3. The first-order chi connectivity index (χ1) is 19.2. The summed E-state index contributed by atoms with van der Waals surface area (Å²) in [6, 6.07) is 23.8. The van der Waals surface area contributed by atoms with Crippen molar-refractivity contribution in [3.05, 3.63) is 95.1 Å². The Morgan fingerprint density at radius 3 is 1.56 bits per heavy atom. The molecular weight excluding hydrogens is 490 g/mol. The van der Waals surface area contributed by atoms with Gasteiger partial charge in [0.1, 0.15) is 30.5 Å². The van der Waals surface area contributed by atoms with Crippen LogP contribution in [0.3, 0.4) is 0 Å². The first kappa shape index (κ1) is 28.3. The lowest BCUT2D eigenvalue weighted by molar-refractivity contribution is 0.0974. The number of hydrogen-bond acceptors (Lipinski definition) is 6. The van der Waals surface area contributed by atoms with Crippen LogP contribution in [0.4, 0.5) is 0 Å². The van der Waals surface area contributed by atoms with Gasteiger partial charge in [-0.25, -0.2) is 4.99 Å². The molecule has 0 bridgehead atoms. The number of nitrogens with zero attached hydrogens (tertiary/aromatic N) is 1. The monoisotopic (exact) mass is 529 g/mol.